The summed E-state index contributed by atoms with van der Waals surface area (Å²) in [5.41, 5.74) is 5.37. The molecule has 34 heavy (non-hydrogen) atoms. The Bertz CT molecular complexity index is 1170. The Balaban J connectivity index is 1.50. The number of hydrogen-bond acceptors (Lipinski definition) is 5. The minimum Gasteiger partial charge on any atom is -0.355 e. The molecule has 1 aromatic heterocycles. The number of benzene rings is 2. The van der Waals surface area contributed by atoms with Crippen molar-refractivity contribution in [2.24, 2.45) is 5.92 Å². The first kappa shape index (κ1) is 23.4. The van der Waals surface area contributed by atoms with Gasteiger partial charge in [0.05, 0.1) is 0 Å². The summed E-state index contributed by atoms with van der Waals surface area (Å²) < 4.78 is 0. The van der Waals surface area contributed by atoms with Crippen molar-refractivity contribution in [3.63, 3.8) is 0 Å². The second-order valence-electron chi connectivity index (χ2n) is 9.24. The van der Waals surface area contributed by atoms with E-state index in [4.69, 9.17) is 0 Å². The Morgan fingerprint density at radius 1 is 1.00 bits per heavy atom. The van der Waals surface area contributed by atoms with Crippen molar-refractivity contribution in [2.45, 2.75) is 52.4 Å². The van der Waals surface area contributed by atoms with Gasteiger partial charge in [0.2, 0.25) is 11.9 Å². The van der Waals surface area contributed by atoms with E-state index in [1.54, 1.807) is 24.5 Å². The van der Waals surface area contributed by atoms with Crippen LogP contribution in [0.4, 0.5) is 23.0 Å². The van der Waals surface area contributed by atoms with E-state index in [1.165, 1.54) is 0 Å². The van der Waals surface area contributed by atoms with Crippen LogP contribution in [0, 0.1) is 12.8 Å². The topological polar surface area (TPSA) is 96.0 Å². The predicted molar refractivity (Wildman–Crippen MR) is 136 cm³/mol. The molecule has 1 aliphatic rings. The lowest BCUT2D eigenvalue weighted by Crippen LogP contribution is -2.14. The van der Waals surface area contributed by atoms with Crippen LogP contribution >= 0.6 is 0 Å². The van der Waals surface area contributed by atoms with Crippen molar-refractivity contribution < 1.29 is 9.59 Å². The summed E-state index contributed by atoms with van der Waals surface area (Å²) in [7, 11) is 0. The first-order valence-corrected chi connectivity index (χ1v) is 11.8. The average Bonchev–Trinajstić information content (AvgIpc) is 3.66. The highest BCUT2D eigenvalue weighted by Crippen LogP contribution is 2.44. The van der Waals surface area contributed by atoms with Crippen molar-refractivity contribution in [1.29, 1.82) is 0 Å². The first-order valence-electron chi connectivity index (χ1n) is 11.8. The number of amides is 2. The maximum atomic E-state index is 12.7. The van der Waals surface area contributed by atoms with Gasteiger partial charge >= 0.3 is 0 Å². The zero-order chi connectivity index (χ0) is 24.1. The van der Waals surface area contributed by atoms with Gasteiger partial charge in [-0.25, -0.2) is 9.97 Å². The molecule has 0 radical (unpaired) electrons. The van der Waals surface area contributed by atoms with Crippen LogP contribution in [0.15, 0.2) is 54.9 Å². The van der Waals surface area contributed by atoms with Crippen molar-refractivity contribution in [3.05, 3.63) is 71.5 Å². The quantitative estimate of drug-likeness (QED) is 0.364. The number of anilines is 4. The summed E-state index contributed by atoms with van der Waals surface area (Å²) in [5, 5.41) is 9.28. The SMILES string of the molecule is Cc1ccc(Nc2ccc(C(=O)Nc3ncccn3)cc2C2CC2)cc1NC(=O)CCC(C)C. The summed E-state index contributed by atoms with van der Waals surface area (Å²) >= 11 is 0. The lowest BCUT2D eigenvalue weighted by molar-refractivity contribution is -0.116. The summed E-state index contributed by atoms with van der Waals surface area (Å²) in [5.74, 6) is 1.01. The monoisotopic (exact) mass is 457 g/mol. The highest BCUT2D eigenvalue weighted by Gasteiger charge is 2.27. The van der Waals surface area contributed by atoms with Gasteiger partial charge in [-0.1, -0.05) is 19.9 Å². The number of carbonyl (C=O) groups excluding carboxylic acids is 2. The van der Waals surface area contributed by atoms with Crippen LogP contribution in [0.1, 0.15) is 66.9 Å². The molecule has 0 unspecified atom stereocenters. The molecule has 4 rings (SSSR count). The largest absolute Gasteiger partial charge is 0.355 e. The molecule has 0 bridgehead atoms. The molecule has 0 spiro atoms. The van der Waals surface area contributed by atoms with Crippen LogP contribution in [-0.4, -0.2) is 21.8 Å². The normalized spacial score (nSPS) is 12.9. The third kappa shape index (κ3) is 6.19. The smallest absolute Gasteiger partial charge is 0.258 e. The maximum Gasteiger partial charge on any atom is 0.258 e. The summed E-state index contributed by atoms with van der Waals surface area (Å²) in [6.45, 7) is 6.22. The van der Waals surface area contributed by atoms with Gasteiger partial charge in [-0.3, -0.25) is 14.9 Å². The Kier molecular flexibility index (Phi) is 7.21. The zero-order valence-electron chi connectivity index (χ0n) is 19.9. The molecule has 0 saturated heterocycles. The number of aromatic nitrogens is 2. The highest BCUT2D eigenvalue weighted by atomic mass is 16.2. The van der Waals surface area contributed by atoms with E-state index in [1.807, 2.05) is 37.3 Å². The Morgan fingerprint density at radius 3 is 2.47 bits per heavy atom. The summed E-state index contributed by atoms with van der Waals surface area (Å²) in [6.07, 6.45) is 6.77. The zero-order valence-corrected chi connectivity index (χ0v) is 19.9. The molecule has 1 fully saturated rings. The molecule has 0 atom stereocenters. The van der Waals surface area contributed by atoms with Crippen molar-refractivity contribution >= 4 is 34.8 Å². The molecule has 7 nitrogen and oxygen atoms in total. The second kappa shape index (κ2) is 10.5. The van der Waals surface area contributed by atoms with Crippen LogP contribution < -0.4 is 16.0 Å². The van der Waals surface area contributed by atoms with Gasteiger partial charge in [0.15, 0.2) is 0 Å². The molecule has 7 heteroatoms. The molecule has 3 aromatic rings. The number of aryl methyl sites for hydroxylation is 1. The molecule has 2 aromatic carbocycles. The van der Waals surface area contributed by atoms with Gasteiger partial charge in [0.1, 0.15) is 0 Å². The van der Waals surface area contributed by atoms with Crippen molar-refractivity contribution in [3.8, 4) is 0 Å². The van der Waals surface area contributed by atoms with E-state index < -0.39 is 0 Å². The lowest BCUT2D eigenvalue weighted by Gasteiger charge is -2.16. The highest BCUT2D eigenvalue weighted by molar-refractivity contribution is 6.03. The van der Waals surface area contributed by atoms with E-state index in [9.17, 15) is 9.59 Å². The number of nitrogens with zero attached hydrogens (tertiary/aromatic N) is 2. The fraction of sp³-hybridized carbons (Fsp3) is 0.333. The van der Waals surface area contributed by atoms with Crippen LogP contribution in [-0.2, 0) is 4.79 Å². The minimum absolute atomic E-state index is 0.0328. The summed E-state index contributed by atoms with van der Waals surface area (Å²) in [4.78, 5) is 33.2. The van der Waals surface area contributed by atoms with Gasteiger partial charge in [-0.2, -0.15) is 0 Å². The molecule has 1 heterocycles. The lowest BCUT2D eigenvalue weighted by atomic mass is 10.0. The Labute approximate surface area is 200 Å². The second-order valence-corrected chi connectivity index (χ2v) is 9.24. The third-order valence-corrected chi connectivity index (χ3v) is 5.86. The molecule has 1 aliphatic carbocycles. The molecular formula is C27H31N5O2. The number of carbonyl (C=O) groups is 2. The van der Waals surface area contributed by atoms with Crippen molar-refractivity contribution in [2.75, 3.05) is 16.0 Å². The number of nitrogens with one attached hydrogen (secondary N) is 3. The van der Waals surface area contributed by atoms with Gasteiger partial charge in [0, 0.05) is 41.4 Å². The molecule has 0 aliphatic heterocycles. The van der Waals surface area contributed by atoms with Gasteiger partial charge in [0.25, 0.3) is 5.91 Å². The number of hydrogen-bond donors (Lipinski definition) is 3. The Hall–Kier alpha value is -3.74. The maximum absolute atomic E-state index is 12.7. The molecular weight excluding hydrogens is 426 g/mol. The van der Waals surface area contributed by atoms with Gasteiger partial charge in [-0.05, 0) is 85.5 Å². The van der Waals surface area contributed by atoms with E-state index in [-0.39, 0.29) is 17.8 Å². The van der Waals surface area contributed by atoms with Crippen LogP contribution in [0.2, 0.25) is 0 Å². The van der Waals surface area contributed by atoms with E-state index in [0.717, 1.165) is 47.5 Å². The third-order valence-electron chi connectivity index (χ3n) is 5.86. The fourth-order valence-corrected chi connectivity index (χ4v) is 3.71. The van der Waals surface area contributed by atoms with E-state index >= 15 is 0 Å². The minimum atomic E-state index is -0.235. The van der Waals surface area contributed by atoms with Crippen LogP contribution in [0.25, 0.3) is 0 Å². The molecule has 3 N–H and O–H groups in total. The molecule has 1 saturated carbocycles. The standard InChI is InChI=1S/C27H31N5O2/c1-17(2)5-12-25(33)31-24-16-21(10-6-18(24)3)30-23-11-9-20(15-22(23)19-7-8-19)26(34)32-27-28-13-4-14-29-27/h4,6,9-11,13-17,19,30H,5,7-8,12H2,1-3H3,(H,31,33)(H,28,29,32,34). The van der Waals surface area contributed by atoms with E-state index in [2.05, 4.69) is 39.8 Å². The van der Waals surface area contributed by atoms with Crippen LogP contribution in [0.5, 0.6) is 0 Å². The Morgan fingerprint density at radius 2 is 1.76 bits per heavy atom. The predicted octanol–water partition coefficient (Wildman–Crippen LogP) is 6.03. The van der Waals surface area contributed by atoms with Gasteiger partial charge in [-0.15, -0.1) is 0 Å². The van der Waals surface area contributed by atoms with Crippen molar-refractivity contribution in [1.82, 2.24) is 9.97 Å². The molecule has 2 amide bonds. The van der Waals surface area contributed by atoms with Crippen LogP contribution in [0.3, 0.4) is 0 Å². The van der Waals surface area contributed by atoms with E-state index in [0.29, 0.717) is 23.8 Å². The summed E-state index contributed by atoms with van der Waals surface area (Å²) in [6, 6.07) is 13.4. The van der Waals surface area contributed by atoms with Gasteiger partial charge < -0.3 is 10.6 Å². The number of rotatable bonds is 9. The fourth-order valence-electron chi connectivity index (χ4n) is 3.71. The average molecular weight is 458 g/mol. The first-order chi connectivity index (χ1) is 16.4. The molecule has 176 valence electrons.